The molecule has 4 rings (SSSR count). The highest BCUT2D eigenvalue weighted by Gasteiger charge is 2.33. The predicted octanol–water partition coefficient (Wildman–Crippen LogP) is 3.30. The van der Waals surface area contributed by atoms with Gasteiger partial charge >= 0.3 is 6.18 Å². The van der Waals surface area contributed by atoms with E-state index in [2.05, 4.69) is 9.97 Å². The highest BCUT2D eigenvalue weighted by molar-refractivity contribution is 6.01. The van der Waals surface area contributed by atoms with E-state index in [9.17, 15) is 18.0 Å². The van der Waals surface area contributed by atoms with Crippen LogP contribution in [0, 0.1) is 0 Å². The Morgan fingerprint density at radius 3 is 2.56 bits per heavy atom. The third-order valence-electron chi connectivity index (χ3n) is 4.30. The van der Waals surface area contributed by atoms with E-state index in [1.807, 2.05) is 0 Å². The van der Waals surface area contributed by atoms with Crippen LogP contribution in [0.25, 0.3) is 27.8 Å². The van der Waals surface area contributed by atoms with Gasteiger partial charge in [0.1, 0.15) is 17.1 Å². The quantitative estimate of drug-likeness (QED) is 0.540. The molecule has 0 radical (unpaired) electrons. The molecule has 0 bridgehead atoms. The Labute approximate surface area is 150 Å². The van der Waals surface area contributed by atoms with E-state index in [-0.39, 0.29) is 16.9 Å². The van der Waals surface area contributed by atoms with Gasteiger partial charge in [-0.05, 0) is 24.3 Å². The molecule has 27 heavy (non-hydrogen) atoms. The van der Waals surface area contributed by atoms with E-state index in [1.54, 1.807) is 35.9 Å². The summed E-state index contributed by atoms with van der Waals surface area (Å²) in [5.41, 5.74) is -0.932. The fourth-order valence-corrected chi connectivity index (χ4v) is 3.11. The highest BCUT2D eigenvalue weighted by atomic mass is 19.4. The van der Waals surface area contributed by atoms with Crippen molar-refractivity contribution < 1.29 is 17.9 Å². The number of methoxy groups -OCH3 is 1. The number of alkyl halides is 3. The maximum Gasteiger partial charge on any atom is 0.433 e. The number of aryl methyl sites for hydroxylation is 1. The van der Waals surface area contributed by atoms with Gasteiger partial charge in [0.15, 0.2) is 5.52 Å². The SMILES string of the molecule is COc1ccccc1-n1c(=O)c2ncn(C)c2c2ccc(C(F)(F)F)nc21. The molecular weight excluding hydrogens is 361 g/mol. The Hall–Kier alpha value is -3.36. The maximum absolute atomic E-state index is 13.2. The maximum atomic E-state index is 13.2. The Kier molecular flexibility index (Phi) is 3.69. The Bertz CT molecular complexity index is 1240. The lowest BCUT2D eigenvalue weighted by molar-refractivity contribution is -0.141. The zero-order chi connectivity index (χ0) is 19.3. The first-order valence-corrected chi connectivity index (χ1v) is 7.90. The molecule has 0 unspecified atom stereocenters. The molecule has 0 aliphatic heterocycles. The van der Waals surface area contributed by atoms with E-state index in [4.69, 9.17) is 4.74 Å². The molecule has 0 N–H and O–H groups in total. The lowest BCUT2D eigenvalue weighted by atomic mass is 10.2. The molecule has 1 aromatic carbocycles. The number of halogens is 3. The summed E-state index contributed by atoms with van der Waals surface area (Å²) in [6, 6.07) is 8.75. The van der Waals surface area contributed by atoms with Gasteiger partial charge in [0, 0.05) is 12.4 Å². The van der Waals surface area contributed by atoms with Crippen LogP contribution in [0.3, 0.4) is 0 Å². The van der Waals surface area contributed by atoms with Crippen molar-refractivity contribution in [1.82, 2.24) is 19.1 Å². The van der Waals surface area contributed by atoms with Crippen LogP contribution >= 0.6 is 0 Å². The van der Waals surface area contributed by atoms with E-state index in [1.165, 1.54) is 19.5 Å². The molecule has 4 aromatic rings. The van der Waals surface area contributed by atoms with Gasteiger partial charge in [-0.2, -0.15) is 13.2 Å². The Morgan fingerprint density at radius 1 is 1.11 bits per heavy atom. The fourth-order valence-electron chi connectivity index (χ4n) is 3.11. The summed E-state index contributed by atoms with van der Waals surface area (Å²) in [6.45, 7) is 0. The molecule has 0 fully saturated rings. The zero-order valence-corrected chi connectivity index (χ0v) is 14.3. The van der Waals surface area contributed by atoms with Gasteiger partial charge in [-0.15, -0.1) is 0 Å². The number of nitrogens with zero attached hydrogens (tertiary/aromatic N) is 4. The van der Waals surface area contributed by atoms with Gasteiger partial charge in [0.05, 0.1) is 24.6 Å². The van der Waals surface area contributed by atoms with Gasteiger partial charge in [-0.3, -0.25) is 9.36 Å². The number of rotatable bonds is 2. The summed E-state index contributed by atoms with van der Waals surface area (Å²) in [6.07, 6.45) is -3.20. The van der Waals surface area contributed by atoms with Crippen LogP contribution in [0.15, 0.2) is 47.5 Å². The topological polar surface area (TPSA) is 61.9 Å². The largest absolute Gasteiger partial charge is 0.495 e. The number of pyridine rings is 2. The molecule has 138 valence electrons. The summed E-state index contributed by atoms with van der Waals surface area (Å²) in [5, 5.41) is 0.378. The number of hydrogen-bond acceptors (Lipinski definition) is 4. The van der Waals surface area contributed by atoms with Crippen molar-refractivity contribution in [2.45, 2.75) is 6.18 Å². The first-order valence-electron chi connectivity index (χ1n) is 7.90. The molecule has 0 spiro atoms. The van der Waals surface area contributed by atoms with Crippen LogP contribution in [0.4, 0.5) is 13.2 Å². The van der Waals surface area contributed by atoms with Crippen LogP contribution in [0.2, 0.25) is 0 Å². The summed E-state index contributed by atoms with van der Waals surface area (Å²) < 4.78 is 47.7. The summed E-state index contributed by atoms with van der Waals surface area (Å²) in [7, 11) is 3.08. The zero-order valence-electron chi connectivity index (χ0n) is 14.3. The number of para-hydroxylation sites is 2. The number of fused-ring (bicyclic) bond motifs is 3. The van der Waals surface area contributed by atoms with Gasteiger partial charge in [-0.1, -0.05) is 12.1 Å². The second-order valence-corrected chi connectivity index (χ2v) is 5.93. The summed E-state index contributed by atoms with van der Waals surface area (Å²) in [4.78, 5) is 21.0. The smallest absolute Gasteiger partial charge is 0.433 e. The molecule has 0 aliphatic carbocycles. The lowest BCUT2D eigenvalue weighted by Crippen LogP contribution is -2.22. The van der Waals surface area contributed by atoms with Crippen molar-refractivity contribution in [3.8, 4) is 11.4 Å². The minimum absolute atomic E-state index is 0.115. The standard InChI is InChI=1S/C18H13F3N4O2/c1-24-9-22-14-15(24)10-7-8-13(18(19,20)21)23-16(10)25(17(14)26)11-5-3-4-6-12(11)27-2/h3-9H,1-2H3. The molecule has 0 saturated carbocycles. The van der Waals surface area contributed by atoms with Crippen molar-refractivity contribution in [2.75, 3.05) is 7.11 Å². The molecule has 6 nitrogen and oxygen atoms in total. The molecule has 0 amide bonds. The van der Waals surface area contributed by atoms with Crippen molar-refractivity contribution in [1.29, 1.82) is 0 Å². The lowest BCUT2D eigenvalue weighted by Gasteiger charge is -2.15. The van der Waals surface area contributed by atoms with E-state index in [0.29, 0.717) is 16.7 Å². The Balaban J connectivity index is 2.24. The van der Waals surface area contributed by atoms with Crippen molar-refractivity contribution >= 4 is 22.1 Å². The number of ether oxygens (including phenoxy) is 1. The second-order valence-electron chi connectivity index (χ2n) is 5.93. The van der Waals surface area contributed by atoms with Crippen LogP contribution in [0.1, 0.15) is 5.69 Å². The highest BCUT2D eigenvalue weighted by Crippen LogP contribution is 2.32. The number of hydrogen-bond donors (Lipinski definition) is 0. The van der Waals surface area contributed by atoms with Crippen LogP contribution < -0.4 is 10.3 Å². The van der Waals surface area contributed by atoms with Gasteiger partial charge in [-0.25, -0.2) is 9.97 Å². The minimum Gasteiger partial charge on any atom is -0.495 e. The molecule has 3 aromatic heterocycles. The van der Waals surface area contributed by atoms with Crippen LogP contribution in [-0.4, -0.2) is 26.2 Å². The van der Waals surface area contributed by atoms with Crippen LogP contribution in [0.5, 0.6) is 5.75 Å². The van der Waals surface area contributed by atoms with Gasteiger partial charge < -0.3 is 9.30 Å². The monoisotopic (exact) mass is 374 g/mol. The van der Waals surface area contributed by atoms with Crippen molar-refractivity contribution in [3.05, 3.63) is 58.8 Å². The fraction of sp³-hybridized carbons (Fsp3) is 0.167. The average molecular weight is 374 g/mol. The first kappa shape index (κ1) is 17.1. The van der Waals surface area contributed by atoms with Crippen LogP contribution in [-0.2, 0) is 13.2 Å². The molecular formula is C18H13F3N4O2. The van der Waals surface area contributed by atoms with Gasteiger partial charge in [0.2, 0.25) is 0 Å². The first-order chi connectivity index (χ1) is 12.8. The third-order valence-corrected chi connectivity index (χ3v) is 4.30. The predicted molar refractivity (Wildman–Crippen MR) is 93.2 cm³/mol. The summed E-state index contributed by atoms with van der Waals surface area (Å²) >= 11 is 0. The molecule has 0 aliphatic rings. The van der Waals surface area contributed by atoms with E-state index >= 15 is 0 Å². The molecule has 3 heterocycles. The number of imidazole rings is 1. The third kappa shape index (κ3) is 2.54. The number of aromatic nitrogens is 4. The molecule has 0 saturated heterocycles. The normalized spacial score (nSPS) is 12.0. The number of benzene rings is 1. The van der Waals surface area contributed by atoms with E-state index < -0.39 is 17.4 Å². The molecule has 0 atom stereocenters. The second kappa shape index (κ2) is 5.83. The average Bonchev–Trinajstić information content (AvgIpc) is 3.03. The van der Waals surface area contributed by atoms with Crippen molar-refractivity contribution in [3.63, 3.8) is 0 Å². The minimum atomic E-state index is -4.64. The summed E-state index contributed by atoms with van der Waals surface area (Å²) in [5.74, 6) is 0.329. The molecule has 9 heteroatoms. The van der Waals surface area contributed by atoms with Crippen molar-refractivity contribution in [2.24, 2.45) is 7.05 Å². The Morgan fingerprint density at radius 2 is 1.85 bits per heavy atom. The van der Waals surface area contributed by atoms with Gasteiger partial charge in [0.25, 0.3) is 5.56 Å². The van der Waals surface area contributed by atoms with E-state index in [0.717, 1.165) is 10.6 Å².